The Balaban J connectivity index is 2.39. The summed E-state index contributed by atoms with van der Waals surface area (Å²) in [5, 5.41) is 0. The van der Waals surface area contributed by atoms with Gasteiger partial charge in [0.25, 0.3) is 0 Å². The summed E-state index contributed by atoms with van der Waals surface area (Å²) in [4.78, 5) is 2.28. The van der Waals surface area contributed by atoms with Gasteiger partial charge in [-0.15, -0.1) is 0 Å². The Hall–Kier alpha value is -0.210. The van der Waals surface area contributed by atoms with E-state index in [1.54, 1.807) is 4.31 Å². The van der Waals surface area contributed by atoms with Crippen LogP contribution in [0.25, 0.3) is 0 Å². The summed E-state index contributed by atoms with van der Waals surface area (Å²) in [6.07, 6.45) is 0. The maximum Gasteiger partial charge on any atom is 0.216 e. The third-order valence-corrected chi connectivity index (χ3v) is 5.08. The monoisotopic (exact) mass is 279 g/mol. The van der Waals surface area contributed by atoms with Crippen LogP contribution in [0.5, 0.6) is 0 Å². The van der Waals surface area contributed by atoms with Crippen molar-refractivity contribution in [3.05, 3.63) is 0 Å². The second-order valence-electron chi connectivity index (χ2n) is 4.85. The second kappa shape index (κ2) is 7.40. The van der Waals surface area contributed by atoms with Crippen LogP contribution in [-0.4, -0.2) is 76.4 Å². The molecule has 1 atom stereocenters. The normalized spacial score (nSPS) is 21.1. The minimum absolute atomic E-state index is 0.0721. The van der Waals surface area contributed by atoms with Crippen LogP contribution in [0.2, 0.25) is 0 Å². The van der Waals surface area contributed by atoms with Gasteiger partial charge in [0.2, 0.25) is 10.0 Å². The van der Waals surface area contributed by atoms with Crippen molar-refractivity contribution in [2.75, 3.05) is 58.7 Å². The molecular weight excluding hydrogens is 254 g/mol. The molecule has 1 saturated heterocycles. The first-order valence-corrected chi connectivity index (χ1v) is 7.99. The SMILES string of the molecule is COCCS(=O)(=O)N1CCN(CC(C)CN)CC1. The fraction of sp³-hybridized carbons (Fsp3) is 1.00. The second-order valence-corrected chi connectivity index (χ2v) is 6.94. The molecule has 0 aromatic rings. The summed E-state index contributed by atoms with van der Waals surface area (Å²) >= 11 is 0. The molecule has 0 radical (unpaired) electrons. The fourth-order valence-corrected chi connectivity index (χ4v) is 3.38. The molecule has 0 bridgehead atoms. The number of piperazine rings is 1. The van der Waals surface area contributed by atoms with E-state index in [0.29, 0.717) is 25.6 Å². The van der Waals surface area contributed by atoms with E-state index in [0.717, 1.165) is 19.6 Å². The van der Waals surface area contributed by atoms with Crippen molar-refractivity contribution in [2.45, 2.75) is 6.92 Å². The average Bonchev–Trinajstić information content (AvgIpc) is 2.37. The Morgan fingerprint density at radius 1 is 1.28 bits per heavy atom. The van der Waals surface area contributed by atoms with E-state index >= 15 is 0 Å². The van der Waals surface area contributed by atoms with Crippen molar-refractivity contribution in [2.24, 2.45) is 11.7 Å². The molecule has 0 saturated carbocycles. The predicted octanol–water partition coefficient (Wildman–Crippen LogP) is -0.825. The summed E-state index contributed by atoms with van der Waals surface area (Å²) in [6.45, 7) is 6.71. The van der Waals surface area contributed by atoms with Crippen molar-refractivity contribution in [1.29, 1.82) is 0 Å². The van der Waals surface area contributed by atoms with Gasteiger partial charge in [0.05, 0.1) is 12.4 Å². The highest BCUT2D eigenvalue weighted by atomic mass is 32.2. The van der Waals surface area contributed by atoms with Gasteiger partial charge in [-0.2, -0.15) is 4.31 Å². The summed E-state index contributed by atoms with van der Waals surface area (Å²) in [5.41, 5.74) is 5.59. The molecule has 1 rings (SSSR count). The van der Waals surface area contributed by atoms with Crippen molar-refractivity contribution >= 4 is 10.0 Å². The van der Waals surface area contributed by atoms with Gasteiger partial charge in [-0.05, 0) is 12.5 Å². The zero-order valence-electron chi connectivity index (χ0n) is 11.3. The lowest BCUT2D eigenvalue weighted by Gasteiger charge is -2.35. The topological polar surface area (TPSA) is 75.9 Å². The quantitative estimate of drug-likeness (QED) is 0.659. The molecule has 18 heavy (non-hydrogen) atoms. The number of nitrogens with zero attached hydrogens (tertiary/aromatic N) is 2. The van der Waals surface area contributed by atoms with Crippen LogP contribution in [0.15, 0.2) is 0 Å². The van der Waals surface area contributed by atoms with Gasteiger partial charge >= 0.3 is 0 Å². The van der Waals surface area contributed by atoms with E-state index in [-0.39, 0.29) is 12.4 Å². The number of hydrogen-bond acceptors (Lipinski definition) is 5. The Labute approximate surface area is 110 Å². The summed E-state index contributed by atoms with van der Waals surface area (Å²) in [7, 11) is -1.63. The number of nitrogens with two attached hydrogens (primary N) is 1. The van der Waals surface area contributed by atoms with Crippen LogP contribution in [0.3, 0.4) is 0 Å². The molecule has 1 fully saturated rings. The number of ether oxygens (including phenoxy) is 1. The molecule has 1 aliphatic heterocycles. The molecule has 108 valence electrons. The van der Waals surface area contributed by atoms with Crippen LogP contribution >= 0.6 is 0 Å². The summed E-state index contributed by atoms with van der Waals surface area (Å²) in [6, 6.07) is 0. The number of sulfonamides is 1. The smallest absolute Gasteiger partial charge is 0.216 e. The van der Waals surface area contributed by atoms with E-state index in [1.165, 1.54) is 7.11 Å². The largest absolute Gasteiger partial charge is 0.384 e. The van der Waals surface area contributed by atoms with E-state index < -0.39 is 10.0 Å². The van der Waals surface area contributed by atoms with Crippen molar-refractivity contribution in [1.82, 2.24) is 9.21 Å². The van der Waals surface area contributed by atoms with Crippen LogP contribution in [0.4, 0.5) is 0 Å². The number of rotatable bonds is 7. The highest BCUT2D eigenvalue weighted by molar-refractivity contribution is 7.89. The minimum Gasteiger partial charge on any atom is -0.384 e. The first kappa shape index (κ1) is 15.8. The first-order valence-electron chi connectivity index (χ1n) is 6.38. The lowest BCUT2D eigenvalue weighted by atomic mass is 10.1. The number of hydrogen-bond donors (Lipinski definition) is 1. The average molecular weight is 279 g/mol. The molecule has 2 N–H and O–H groups in total. The van der Waals surface area contributed by atoms with E-state index in [9.17, 15) is 8.42 Å². The van der Waals surface area contributed by atoms with Crippen LogP contribution in [-0.2, 0) is 14.8 Å². The Morgan fingerprint density at radius 3 is 2.39 bits per heavy atom. The third-order valence-electron chi connectivity index (χ3n) is 3.24. The van der Waals surface area contributed by atoms with Gasteiger partial charge < -0.3 is 15.4 Å². The highest BCUT2D eigenvalue weighted by Gasteiger charge is 2.26. The Bertz CT molecular complexity index is 326. The van der Waals surface area contributed by atoms with E-state index in [2.05, 4.69) is 11.8 Å². The fourth-order valence-electron chi connectivity index (χ4n) is 2.02. The minimum atomic E-state index is -3.15. The molecule has 1 aliphatic rings. The molecule has 0 spiro atoms. The molecule has 0 aromatic heterocycles. The van der Waals surface area contributed by atoms with Gasteiger partial charge in [-0.25, -0.2) is 8.42 Å². The molecule has 0 amide bonds. The molecule has 1 heterocycles. The van der Waals surface area contributed by atoms with Crippen molar-refractivity contribution in [3.8, 4) is 0 Å². The lowest BCUT2D eigenvalue weighted by Crippen LogP contribution is -2.50. The molecule has 0 aliphatic carbocycles. The van der Waals surface area contributed by atoms with Gasteiger partial charge in [0.1, 0.15) is 0 Å². The molecular formula is C11H25N3O3S. The maximum absolute atomic E-state index is 11.9. The lowest BCUT2D eigenvalue weighted by molar-refractivity contribution is 0.168. The van der Waals surface area contributed by atoms with E-state index in [1.807, 2.05) is 0 Å². The van der Waals surface area contributed by atoms with Gasteiger partial charge in [0.15, 0.2) is 0 Å². The van der Waals surface area contributed by atoms with Crippen LogP contribution in [0.1, 0.15) is 6.92 Å². The maximum atomic E-state index is 11.9. The summed E-state index contributed by atoms with van der Waals surface area (Å²) in [5.74, 6) is 0.532. The third kappa shape index (κ3) is 4.81. The molecule has 1 unspecified atom stereocenters. The Morgan fingerprint density at radius 2 is 1.89 bits per heavy atom. The zero-order valence-corrected chi connectivity index (χ0v) is 12.2. The molecule has 7 heteroatoms. The van der Waals surface area contributed by atoms with Crippen molar-refractivity contribution in [3.63, 3.8) is 0 Å². The highest BCUT2D eigenvalue weighted by Crippen LogP contribution is 2.09. The van der Waals surface area contributed by atoms with Gasteiger partial charge in [-0.1, -0.05) is 6.92 Å². The van der Waals surface area contributed by atoms with Crippen LogP contribution < -0.4 is 5.73 Å². The number of methoxy groups -OCH3 is 1. The van der Waals surface area contributed by atoms with Crippen LogP contribution in [0, 0.1) is 5.92 Å². The van der Waals surface area contributed by atoms with Gasteiger partial charge in [-0.3, -0.25) is 0 Å². The molecule has 0 aromatic carbocycles. The van der Waals surface area contributed by atoms with E-state index in [4.69, 9.17) is 10.5 Å². The molecule has 6 nitrogen and oxygen atoms in total. The van der Waals surface area contributed by atoms with Gasteiger partial charge in [0, 0.05) is 39.8 Å². The predicted molar refractivity (Wildman–Crippen MR) is 71.9 cm³/mol. The van der Waals surface area contributed by atoms with Crippen molar-refractivity contribution < 1.29 is 13.2 Å². The first-order chi connectivity index (χ1) is 8.49. The summed E-state index contributed by atoms with van der Waals surface area (Å²) < 4.78 is 30.3. The zero-order chi connectivity index (χ0) is 13.6. The standard InChI is InChI=1S/C11H25N3O3S/c1-11(9-12)10-13-3-5-14(6-4-13)18(15,16)8-7-17-2/h11H,3-10,12H2,1-2H3. The Kier molecular flexibility index (Phi) is 6.51.